The Bertz CT molecular complexity index is 1230. The number of benzene rings is 3. The Morgan fingerprint density at radius 1 is 0.938 bits per heavy atom. The molecule has 0 fully saturated rings. The van der Waals surface area contributed by atoms with Crippen molar-refractivity contribution in [2.45, 2.75) is 26.4 Å². The van der Waals surface area contributed by atoms with E-state index in [-0.39, 0.29) is 12.3 Å². The number of carbonyl (C=O) groups excluding carboxylic acids is 1. The number of hydrogen-bond donors (Lipinski definition) is 1. The minimum absolute atomic E-state index is 0.0776. The largest absolute Gasteiger partial charge is 0.493 e. The maximum absolute atomic E-state index is 12.6. The van der Waals surface area contributed by atoms with E-state index in [0.29, 0.717) is 24.6 Å². The second kappa shape index (κ2) is 9.56. The molecule has 0 aliphatic rings. The maximum Gasteiger partial charge on any atom is 0.224 e. The molecular formula is C26H27N3O3. The lowest BCUT2D eigenvalue weighted by atomic mass is 10.1. The van der Waals surface area contributed by atoms with Gasteiger partial charge in [-0.05, 0) is 42.3 Å². The van der Waals surface area contributed by atoms with Crippen molar-refractivity contribution in [3.05, 3.63) is 89.2 Å². The Hall–Kier alpha value is -3.80. The number of aryl methyl sites for hydroxylation is 1. The predicted molar refractivity (Wildman–Crippen MR) is 125 cm³/mol. The van der Waals surface area contributed by atoms with Crippen LogP contribution in [0.3, 0.4) is 0 Å². The summed E-state index contributed by atoms with van der Waals surface area (Å²) in [6, 6.07) is 22.0. The van der Waals surface area contributed by atoms with Gasteiger partial charge in [-0.1, -0.05) is 48.0 Å². The van der Waals surface area contributed by atoms with Crippen LogP contribution >= 0.6 is 0 Å². The predicted octanol–water partition coefficient (Wildman–Crippen LogP) is 4.27. The number of fused-ring (bicyclic) bond motifs is 1. The highest BCUT2D eigenvalue weighted by molar-refractivity contribution is 5.79. The van der Waals surface area contributed by atoms with Crippen LogP contribution in [0.1, 0.15) is 22.5 Å². The number of methoxy groups -OCH3 is 2. The summed E-state index contributed by atoms with van der Waals surface area (Å²) in [6.45, 7) is 3.13. The first-order valence-electron chi connectivity index (χ1n) is 10.5. The lowest BCUT2D eigenvalue weighted by Crippen LogP contribution is -2.26. The number of hydrogen-bond acceptors (Lipinski definition) is 4. The van der Waals surface area contributed by atoms with Crippen molar-refractivity contribution >= 4 is 16.9 Å². The molecule has 6 nitrogen and oxygen atoms in total. The summed E-state index contributed by atoms with van der Waals surface area (Å²) in [7, 11) is 3.17. The topological polar surface area (TPSA) is 65.4 Å². The van der Waals surface area contributed by atoms with Gasteiger partial charge in [0.25, 0.3) is 0 Å². The quantitative estimate of drug-likeness (QED) is 0.454. The van der Waals surface area contributed by atoms with E-state index in [1.54, 1.807) is 14.2 Å². The van der Waals surface area contributed by atoms with Crippen LogP contribution in [-0.2, 0) is 24.3 Å². The molecule has 4 rings (SSSR count). The van der Waals surface area contributed by atoms with E-state index in [0.717, 1.165) is 22.4 Å². The molecule has 0 saturated heterocycles. The molecule has 0 radical (unpaired) electrons. The lowest BCUT2D eigenvalue weighted by molar-refractivity contribution is -0.120. The van der Waals surface area contributed by atoms with Gasteiger partial charge in [0.2, 0.25) is 5.91 Å². The van der Waals surface area contributed by atoms with Gasteiger partial charge in [0, 0.05) is 6.54 Å². The number of carbonyl (C=O) groups is 1. The Kier molecular flexibility index (Phi) is 6.40. The van der Waals surface area contributed by atoms with Crippen molar-refractivity contribution in [1.82, 2.24) is 14.9 Å². The second-order valence-electron chi connectivity index (χ2n) is 7.73. The molecule has 0 aliphatic carbocycles. The van der Waals surface area contributed by atoms with Crippen molar-refractivity contribution in [1.29, 1.82) is 0 Å². The molecule has 32 heavy (non-hydrogen) atoms. The van der Waals surface area contributed by atoms with Crippen molar-refractivity contribution in [3.63, 3.8) is 0 Å². The van der Waals surface area contributed by atoms with Crippen LogP contribution in [0, 0.1) is 6.92 Å². The number of aromatic nitrogens is 2. The fraction of sp³-hybridized carbons (Fsp3) is 0.231. The zero-order valence-corrected chi connectivity index (χ0v) is 18.6. The van der Waals surface area contributed by atoms with Gasteiger partial charge in [0.15, 0.2) is 11.5 Å². The third-order valence-electron chi connectivity index (χ3n) is 5.45. The molecule has 164 valence electrons. The Morgan fingerprint density at radius 2 is 1.66 bits per heavy atom. The van der Waals surface area contributed by atoms with Crippen molar-refractivity contribution in [2.24, 2.45) is 0 Å². The van der Waals surface area contributed by atoms with Crippen molar-refractivity contribution in [3.8, 4) is 11.5 Å². The molecular weight excluding hydrogens is 402 g/mol. The second-order valence-corrected chi connectivity index (χ2v) is 7.73. The number of rotatable bonds is 8. The first-order valence-corrected chi connectivity index (χ1v) is 10.5. The fourth-order valence-electron chi connectivity index (χ4n) is 3.73. The van der Waals surface area contributed by atoms with E-state index in [1.165, 1.54) is 11.1 Å². The number of nitrogens with zero attached hydrogens (tertiary/aromatic N) is 2. The van der Waals surface area contributed by atoms with Gasteiger partial charge >= 0.3 is 0 Å². The van der Waals surface area contributed by atoms with Gasteiger partial charge in [-0.15, -0.1) is 0 Å². The van der Waals surface area contributed by atoms with E-state index in [1.807, 2.05) is 36.4 Å². The van der Waals surface area contributed by atoms with E-state index in [4.69, 9.17) is 14.5 Å². The normalized spacial score (nSPS) is 10.8. The molecule has 0 atom stereocenters. The first kappa shape index (κ1) is 21.4. The van der Waals surface area contributed by atoms with Crippen LogP contribution in [-0.4, -0.2) is 29.7 Å². The third-order valence-corrected chi connectivity index (χ3v) is 5.45. The molecule has 0 aliphatic heterocycles. The average molecular weight is 430 g/mol. The van der Waals surface area contributed by atoms with Crippen LogP contribution in [0.2, 0.25) is 0 Å². The number of amides is 1. The van der Waals surface area contributed by atoms with Crippen LogP contribution in [0.4, 0.5) is 0 Å². The zero-order valence-electron chi connectivity index (χ0n) is 18.6. The van der Waals surface area contributed by atoms with Gasteiger partial charge < -0.3 is 19.4 Å². The first-order chi connectivity index (χ1) is 15.6. The standard InChI is InChI=1S/C26H27N3O3/c1-18-8-10-19(11-9-18)17-29-22-7-5-4-6-21(22)28-25(29)16-27-26(30)15-20-12-13-23(31-2)24(14-20)32-3/h4-14H,15-17H2,1-3H3,(H,27,30). The molecule has 1 N–H and O–H groups in total. The van der Waals surface area contributed by atoms with Crippen LogP contribution in [0.5, 0.6) is 11.5 Å². The summed E-state index contributed by atoms with van der Waals surface area (Å²) < 4.78 is 12.8. The van der Waals surface area contributed by atoms with E-state index < -0.39 is 0 Å². The number of ether oxygens (including phenoxy) is 2. The highest BCUT2D eigenvalue weighted by Crippen LogP contribution is 2.27. The maximum atomic E-state index is 12.6. The van der Waals surface area contributed by atoms with E-state index in [2.05, 4.69) is 47.1 Å². The summed E-state index contributed by atoms with van der Waals surface area (Å²) >= 11 is 0. The molecule has 1 amide bonds. The average Bonchev–Trinajstić information content (AvgIpc) is 3.16. The Labute approximate surface area is 187 Å². The minimum atomic E-state index is -0.0776. The SMILES string of the molecule is COc1ccc(CC(=O)NCc2nc3ccccc3n2Cc2ccc(C)cc2)cc1OC. The van der Waals surface area contributed by atoms with Gasteiger partial charge in [-0.2, -0.15) is 0 Å². The van der Waals surface area contributed by atoms with Crippen LogP contribution < -0.4 is 14.8 Å². The smallest absolute Gasteiger partial charge is 0.224 e. The van der Waals surface area contributed by atoms with Crippen LogP contribution in [0.15, 0.2) is 66.7 Å². The fourth-order valence-corrected chi connectivity index (χ4v) is 3.73. The third kappa shape index (κ3) is 4.75. The summed E-state index contributed by atoms with van der Waals surface area (Å²) in [5.74, 6) is 2.00. The monoisotopic (exact) mass is 429 g/mol. The summed E-state index contributed by atoms with van der Waals surface area (Å²) in [5.41, 5.74) is 5.25. The highest BCUT2D eigenvalue weighted by atomic mass is 16.5. The Balaban J connectivity index is 1.50. The molecule has 0 bridgehead atoms. The van der Waals surface area contributed by atoms with E-state index in [9.17, 15) is 4.79 Å². The Morgan fingerprint density at radius 3 is 2.41 bits per heavy atom. The molecule has 4 aromatic rings. The van der Waals surface area contributed by atoms with Gasteiger partial charge in [0.05, 0.1) is 38.2 Å². The van der Waals surface area contributed by atoms with Gasteiger partial charge in [-0.3, -0.25) is 4.79 Å². The molecule has 1 aromatic heterocycles. The molecule has 0 spiro atoms. The molecule has 6 heteroatoms. The minimum Gasteiger partial charge on any atom is -0.493 e. The van der Waals surface area contributed by atoms with Gasteiger partial charge in [-0.25, -0.2) is 4.98 Å². The van der Waals surface area contributed by atoms with Crippen LogP contribution in [0.25, 0.3) is 11.0 Å². The summed E-state index contributed by atoms with van der Waals surface area (Å²) in [4.78, 5) is 17.4. The summed E-state index contributed by atoms with van der Waals surface area (Å²) in [6.07, 6.45) is 0.249. The van der Waals surface area contributed by atoms with E-state index >= 15 is 0 Å². The number of nitrogens with one attached hydrogen (secondary N) is 1. The molecule has 0 unspecified atom stereocenters. The zero-order chi connectivity index (χ0) is 22.5. The number of imidazole rings is 1. The molecule has 3 aromatic carbocycles. The number of para-hydroxylation sites is 2. The van der Waals surface area contributed by atoms with Crippen molar-refractivity contribution < 1.29 is 14.3 Å². The summed E-state index contributed by atoms with van der Waals surface area (Å²) in [5, 5.41) is 3.02. The van der Waals surface area contributed by atoms with Gasteiger partial charge in [0.1, 0.15) is 5.82 Å². The molecule has 1 heterocycles. The molecule has 0 saturated carbocycles. The lowest BCUT2D eigenvalue weighted by Gasteiger charge is -2.12. The van der Waals surface area contributed by atoms with Crippen molar-refractivity contribution in [2.75, 3.05) is 14.2 Å². The highest BCUT2D eigenvalue weighted by Gasteiger charge is 2.13.